The largest absolute Gasteiger partial charge is 0.353 e. The fourth-order valence-corrected chi connectivity index (χ4v) is 3.71. The lowest BCUT2D eigenvalue weighted by Crippen LogP contribution is -2.48. The van der Waals surface area contributed by atoms with Crippen LogP contribution in [0.25, 0.3) is 17.5 Å². The van der Waals surface area contributed by atoms with Crippen molar-refractivity contribution < 1.29 is 9.32 Å². The van der Waals surface area contributed by atoms with Crippen LogP contribution in [0.2, 0.25) is 0 Å². The second kappa shape index (κ2) is 8.57. The van der Waals surface area contributed by atoms with Crippen LogP contribution >= 0.6 is 11.3 Å². The molecule has 0 spiro atoms. The molecule has 0 N–H and O–H groups in total. The van der Waals surface area contributed by atoms with Gasteiger partial charge in [0.15, 0.2) is 0 Å². The maximum atomic E-state index is 12.4. The molecule has 0 aromatic carbocycles. The van der Waals surface area contributed by atoms with Gasteiger partial charge in [0, 0.05) is 54.8 Å². The molecular weight excluding hydrogens is 386 g/mol. The number of amides is 1. The molecule has 4 rings (SSSR count). The molecule has 1 aliphatic heterocycles. The summed E-state index contributed by atoms with van der Waals surface area (Å²) in [6, 6.07) is 7.90. The molecule has 0 unspecified atom stereocenters. The molecule has 0 atom stereocenters. The number of hydrogen-bond donors (Lipinski definition) is 0. The van der Waals surface area contributed by atoms with Gasteiger partial charge in [-0.2, -0.15) is 4.98 Å². The van der Waals surface area contributed by atoms with E-state index in [1.807, 2.05) is 54.5 Å². The summed E-state index contributed by atoms with van der Waals surface area (Å²) < 4.78 is 5.26. The van der Waals surface area contributed by atoms with E-state index in [1.165, 1.54) is 0 Å². The third kappa shape index (κ3) is 4.54. The Morgan fingerprint density at radius 3 is 2.66 bits per heavy atom. The molecule has 8 heteroatoms. The van der Waals surface area contributed by atoms with Crippen LogP contribution < -0.4 is 4.90 Å². The summed E-state index contributed by atoms with van der Waals surface area (Å²) in [6.45, 7) is 6.90. The number of nitrogens with zero attached hydrogens (tertiary/aromatic N) is 5. The number of rotatable bonds is 5. The fourth-order valence-electron chi connectivity index (χ4n) is 3.09. The average Bonchev–Trinajstić information content (AvgIpc) is 3.44. The summed E-state index contributed by atoms with van der Waals surface area (Å²) in [4.78, 5) is 26.5. The third-order valence-electron chi connectivity index (χ3n) is 4.79. The van der Waals surface area contributed by atoms with E-state index >= 15 is 0 Å². The van der Waals surface area contributed by atoms with Crippen LogP contribution in [0, 0.1) is 0 Å². The molecule has 0 aliphatic carbocycles. The van der Waals surface area contributed by atoms with Crippen LogP contribution in [0.5, 0.6) is 0 Å². The minimum absolute atomic E-state index is 0.0550. The van der Waals surface area contributed by atoms with Crippen molar-refractivity contribution in [2.45, 2.75) is 19.8 Å². The van der Waals surface area contributed by atoms with E-state index in [1.54, 1.807) is 23.6 Å². The van der Waals surface area contributed by atoms with E-state index in [2.05, 4.69) is 20.0 Å². The van der Waals surface area contributed by atoms with Crippen LogP contribution in [0.1, 0.15) is 30.5 Å². The van der Waals surface area contributed by atoms with Gasteiger partial charge in [-0.15, -0.1) is 11.3 Å². The lowest BCUT2D eigenvalue weighted by Gasteiger charge is -2.35. The van der Waals surface area contributed by atoms with Crippen LogP contribution in [0.3, 0.4) is 0 Å². The summed E-state index contributed by atoms with van der Waals surface area (Å²) in [6.07, 6.45) is 5.30. The van der Waals surface area contributed by atoms with Crippen molar-refractivity contribution in [2.24, 2.45) is 0 Å². The first-order valence-electron chi connectivity index (χ1n) is 9.65. The monoisotopic (exact) mass is 409 g/mol. The third-order valence-corrected chi connectivity index (χ3v) is 5.63. The number of pyridine rings is 1. The molecule has 0 radical (unpaired) electrons. The van der Waals surface area contributed by atoms with Crippen LogP contribution in [0.15, 0.2) is 46.4 Å². The van der Waals surface area contributed by atoms with Crippen molar-refractivity contribution in [3.8, 4) is 11.4 Å². The van der Waals surface area contributed by atoms with Crippen molar-refractivity contribution in [2.75, 3.05) is 31.1 Å². The molecule has 4 heterocycles. The molecule has 1 aliphatic rings. The number of anilines is 1. The van der Waals surface area contributed by atoms with Gasteiger partial charge in [0.05, 0.1) is 0 Å². The summed E-state index contributed by atoms with van der Waals surface area (Å²) in [5.41, 5.74) is 0.830. The minimum atomic E-state index is 0.0550. The first kappa shape index (κ1) is 19.3. The van der Waals surface area contributed by atoms with Crippen molar-refractivity contribution in [3.63, 3.8) is 0 Å². The Balaban J connectivity index is 1.34. The topological polar surface area (TPSA) is 75.4 Å². The van der Waals surface area contributed by atoms with Crippen molar-refractivity contribution in [1.82, 2.24) is 20.0 Å². The van der Waals surface area contributed by atoms with Gasteiger partial charge < -0.3 is 14.3 Å². The molecule has 1 fully saturated rings. The Kier molecular flexibility index (Phi) is 5.71. The van der Waals surface area contributed by atoms with E-state index in [-0.39, 0.29) is 11.8 Å². The zero-order valence-electron chi connectivity index (χ0n) is 16.5. The van der Waals surface area contributed by atoms with E-state index in [0.29, 0.717) is 24.8 Å². The predicted octanol–water partition coefficient (Wildman–Crippen LogP) is 3.68. The summed E-state index contributed by atoms with van der Waals surface area (Å²) in [5, 5.41) is 6.03. The average molecular weight is 410 g/mol. The molecule has 0 bridgehead atoms. The second-order valence-electron chi connectivity index (χ2n) is 7.18. The number of piperazine rings is 1. The zero-order chi connectivity index (χ0) is 20.2. The first-order chi connectivity index (χ1) is 14.1. The number of thiophene rings is 1. The molecule has 29 heavy (non-hydrogen) atoms. The molecule has 3 aromatic heterocycles. The molecule has 0 saturated carbocycles. The number of aromatic nitrogens is 3. The lowest BCUT2D eigenvalue weighted by atomic mass is 10.2. The highest BCUT2D eigenvalue weighted by Crippen LogP contribution is 2.21. The van der Waals surface area contributed by atoms with Gasteiger partial charge in [0.2, 0.25) is 17.6 Å². The number of hydrogen-bond acceptors (Lipinski definition) is 7. The quantitative estimate of drug-likeness (QED) is 0.599. The molecule has 1 amide bonds. The SMILES string of the molecule is CC(C)c1nc(-c2ccc(N3CCN(C(=O)/C=C/c4cccs4)CC3)nc2)no1. The van der Waals surface area contributed by atoms with E-state index in [0.717, 1.165) is 29.3 Å². The molecule has 3 aromatic rings. The normalized spacial score (nSPS) is 14.9. The Labute approximate surface area is 173 Å². The highest BCUT2D eigenvalue weighted by Gasteiger charge is 2.21. The van der Waals surface area contributed by atoms with Gasteiger partial charge in [0.1, 0.15) is 5.82 Å². The second-order valence-corrected chi connectivity index (χ2v) is 8.16. The maximum Gasteiger partial charge on any atom is 0.246 e. The van der Waals surface area contributed by atoms with E-state index in [4.69, 9.17) is 4.52 Å². The summed E-state index contributed by atoms with van der Waals surface area (Å²) in [5.74, 6) is 2.32. The smallest absolute Gasteiger partial charge is 0.246 e. The Hall–Kier alpha value is -3.00. The number of carbonyl (C=O) groups is 1. The minimum Gasteiger partial charge on any atom is -0.353 e. The Morgan fingerprint density at radius 1 is 1.21 bits per heavy atom. The van der Waals surface area contributed by atoms with Gasteiger partial charge in [-0.1, -0.05) is 25.1 Å². The van der Waals surface area contributed by atoms with Gasteiger partial charge in [-0.25, -0.2) is 4.98 Å². The first-order valence-corrected chi connectivity index (χ1v) is 10.5. The predicted molar refractivity (Wildman–Crippen MR) is 114 cm³/mol. The van der Waals surface area contributed by atoms with Gasteiger partial charge >= 0.3 is 0 Å². The summed E-state index contributed by atoms with van der Waals surface area (Å²) in [7, 11) is 0. The van der Waals surface area contributed by atoms with E-state index < -0.39 is 0 Å². The van der Waals surface area contributed by atoms with Gasteiger partial charge in [-0.05, 0) is 29.7 Å². The van der Waals surface area contributed by atoms with Crippen LogP contribution in [-0.2, 0) is 4.79 Å². The van der Waals surface area contributed by atoms with Gasteiger partial charge in [0.25, 0.3) is 0 Å². The fraction of sp³-hybridized carbons (Fsp3) is 0.333. The Morgan fingerprint density at radius 2 is 2.03 bits per heavy atom. The van der Waals surface area contributed by atoms with Crippen LogP contribution in [-0.4, -0.2) is 52.1 Å². The van der Waals surface area contributed by atoms with Crippen LogP contribution in [0.4, 0.5) is 5.82 Å². The van der Waals surface area contributed by atoms with Gasteiger partial charge in [-0.3, -0.25) is 4.79 Å². The van der Waals surface area contributed by atoms with Crippen molar-refractivity contribution in [3.05, 3.63) is 52.7 Å². The molecule has 1 saturated heterocycles. The lowest BCUT2D eigenvalue weighted by molar-refractivity contribution is -0.126. The summed E-state index contributed by atoms with van der Waals surface area (Å²) >= 11 is 1.62. The van der Waals surface area contributed by atoms with Crippen molar-refractivity contribution in [1.29, 1.82) is 0 Å². The van der Waals surface area contributed by atoms with E-state index in [9.17, 15) is 4.79 Å². The molecular formula is C21H23N5O2S. The Bertz CT molecular complexity index is 971. The maximum absolute atomic E-state index is 12.4. The number of carbonyl (C=O) groups excluding carboxylic acids is 1. The highest BCUT2D eigenvalue weighted by atomic mass is 32.1. The molecule has 150 valence electrons. The van der Waals surface area contributed by atoms with Crippen molar-refractivity contribution >= 4 is 29.1 Å². The zero-order valence-corrected chi connectivity index (χ0v) is 17.3. The molecule has 7 nitrogen and oxygen atoms in total. The standard InChI is InChI=1S/C21H23N5O2S/c1-15(2)21-23-20(24-28-21)16-5-7-18(22-14-16)25-9-11-26(12-10-25)19(27)8-6-17-4-3-13-29-17/h3-8,13-15H,9-12H2,1-2H3/b8-6+. The highest BCUT2D eigenvalue weighted by molar-refractivity contribution is 7.10.